The topological polar surface area (TPSA) is 84.2 Å². The Morgan fingerprint density at radius 3 is 2.50 bits per heavy atom. The molecule has 1 heterocycles. The minimum atomic E-state index is -0.981. The van der Waals surface area contributed by atoms with Crippen LogP contribution in [0.15, 0.2) is 6.07 Å². The second-order valence-corrected chi connectivity index (χ2v) is 5.20. The van der Waals surface area contributed by atoms with Gasteiger partial charge in [-0.3, -0.25) is 9.59 Å². The maximum absolute atomic E-state index is 11.6. The molecule has 2 N–H and O–H groups in total. The number of rotatable bonds is 4. The minimum absolute atomic E-state index is 0.0380. The maximum Gasteiger partial charge on any atom is 0.303 e. The number of carbonyl (C=O) groups excluding carboxylic acids is 1. The number of carbonyl (C=O) groups is 2. The third kappa shape index (κ3) is 3.87. The zero-order chi connectivity index (χ0) is 13.9. The van der Waals surface area contributed by atoms with E-state index in [1.165, 1.54) is 0 Å². The van der Waals surface area contributed by atoms with E-state index in [2.05, 4.69) is 10.4 Å². The fourth-order valence-corrected chi connectivity index (χ4v) is 1.53. The highest BCUT2D eigenvalue weighted by Crippen LogP contribution is 2.21. The molecule has 0 radical (unpaired) electrons. The minimum Gasteiger partial charge on any atom is -0.481 e. The molecule has 1 amide bonds. The molecular weight excluding hydrogens is 234 g/mol. The Balaban J connectivity index is 2.78. The molecule has 0 aliphatic heterocycles. The number of hydrogen-bond donors (Lipinski definition) is 2. The summed E-state index contributed by atoms with van der Waals surface area (Å²) >= 11 is 0. The van der Waals surface area contributed by atoms with Gasteiger partial charge in [-0.2, -0.15) is 5.10 Å². The van der Waals surface area contributed by atoms with Crippen LogP contribution in [-0.4, -0.2) is 26.8 Å². The Bertz CT molecular complexity index is 458. The molecule has 0 unspecified atom stereocenters. The summed E-state index contributed by atoms with van der Waals surface area (Å²) in [6.07, 6.45) is -0.210. The van der Waals surface area contributed by atoms with Crippen molar-refractivity contribution in [3.63, 3.8) is 0 Å². The predicted octanol–water partition coefficient (Wildman–Crippen LogP) is 1.75. The molecular formula is C12H19N3O3. The monoisotopic (exact) mass is 253 g/mol. The summed E-state index contributed by atoms with van der Waals surface area (Å²) in [6.45, 7) is 7.78. The van der Waals surface area contributed by atoms with Gasteiger partial charge in [0.25, 0.3) is 0 Å². The van der Waals surface area contributed by atoms with Gasteiger partial charge in [0.2, 0.25) is 5.91 Å². The molecule has 0 spiro atoms. The molecule has 18 heavy (non-hydrogen) atoms. The van der Waals surface area contributed by atoms with Crippen LogP contribution in [0.1, 0.15) is 39.3 Å². The summed E-state index contributed by atoms with van der Waals surface area (Å²) in [7, 11) is 0. The Hall–Kier alpha value is -1.85. The van der Waals surface area contributed by atoms with Gasteiger partial charge < -0.3 is 10.4 Å². The van der Waals surface area contributed by atoms with Crippen molar-refractivity contribution in [1.29, 1.82) is 0 Å². The van der Waals surface area contributed by atoms with Crippen LogP contribution in [0.2, 0.25) is 0 Å². The number of hydrogen-bond acceptors (Lipinski definition) is 3. The van der Waals surface area contributed by atoms with Crippen LogP contribution in [-0.2, 0) is 15.1 Å². The zero-order valence-corrected chi connectivity index (χ0v) is 11.1. The number of amides is 1. The molecule has 100 valence electrons. The van der Waals surface area contributed by atoms with Crippen molar-refractivity contribution >= 4 is 17.7 Å². The molecule has 0 saturated heterocycles. The number of aromatic nitrogens is 2. The van der Waals surface area contributed by atoms with Crippen LogP contribution >= 0.6 is 0 Å². The van der Waals surface area contributed by atoms with Crippen molar-refractivity contribution in [1.82, 2.24) is 9.78 Å². The van der Waals surface area contributed by atoms with Crippen LogP contribution in [0, 0.1) is 6.92 Å². The van der Waals surface area contributed by atoms with E-state index in [0.717, 1.165) is 5.69 Å². The predicted molar refractivity (Wildman–Crippen MR) is 67.5 cm³/mol. The Kier molecular flexibility index (Phi) is 4.11. The molecule has 0 saturated carbocycles. The third-order valence-electron chi connectivity index (χ3n) is 2.30. The molecule has 0 aliphatic rings. The van der Waals surface area contributed by atoms with Gasteiger partial charge >= 0.3 is 5.97 Å². The fourth-order valence-electron chi connectivity index (χ4n) is 1.53. The summed E-state index contributed by atoms with van der Waals surface area (Å²) in [5, 5.41) is 15.5. The van der Waals surface area contributed by atoms with E-state index in [1.54, 1.807) is 10.7 Å². The molecule has 0 aliphatic carbocycles. The lowest BCUT2D eigenvalue weighted by atomic mass is 10.1. The Morgan fingerprint density at radius 2 is 2.00 bits per heavy atom. The van der Waals surface area contributed by atoms with Gasteiger partial charge in [0.15, 0.2) is 0 Å². The zero-order valence-electron chi connectivity index (χ0n) is 11.1. The van der Waals surface area contributed by atoms with Crippen LogP contribution < -0.4 is 5.32 Å². The summed E-state index contributed by atoms with van der Waals surface area (Å²) in [4.78, 5) is 22.0. The number of carboxylic acids is 1. The second kappa shape index (κ2) is 5.20. The van der Waals surface area contributed by atoms with Gasteiger partial charge in [0.05, 0.1) is 17.7 Å². The van der Waals surface area contributed by atoms with Gasteiger partial charge in [0, 0.05) is 12.5 Å². The highest BCUT2D eigenvalue weighted by Gasteiger charge is 2.20. The Labute approximate surface area is 106 Å². The molecule has 0 aromatic carbocycles. The van der Waals surface area contributed by atoms with E-state index in [0.29, 0.717) is 5.82 Å². The normalized spacial score (nSPS) is 11.3. The van der Waals surface area contributed by atoms with Crippen molar-refractivity contribution in [2.45, 2.75) is 46.1 Å². The highest BCUT2D eigenvalue weighted by molar-refractivity contribution is 5.91. The van der Waals surface area contributed by atoms with Crippen molar-refractivity contribution in [2.24, 2.45) is 0 Å². The largest absolute Gasteiger partial charge is 0.481 e. The van der Waals surface area contributed by atoms with E-state index in [9.17, 15) is 9.59 Å². The van der Waals surface area contributed by atoms with Gasteiger partial charge in [-0.25, -0.2) is 4.68 Å². The highest BCUT2D eigenvalue weighted by atomic mass is 16.4. The first kappa shape index (κ1) is 14.2. The number of anilines is 1. The average molecular weight is 253 g/mol. The van der Waals surface area contributed by atoms with Crippen LogP contribution in [0.3, 0.4) is 0 Å². The van der Waals surface area contributed by atoms with Crippen molar-refractivity contribution < 1.29 is 14.7 Å². The van der Waals surface area contributed by atoms with Crippen molar-refractivity contribution in [3.8, 4) is 0 Å². The molecule has 6 heteroatoms. The maximum atomic E-state index is 11.6. The fraction of sp³-hybridized carbons (Fsp3) is 0.583. The number of aliphatic carboxylic acids is 1. The lowest BCUT2D eigenvalue weighted by molar-refractivity contribution is -0.138. The third-order valence-corrected chi connectivity index (χ3v) is 2.30. The first-order valence-corrected chi connectivity index (χ1v) is 5.79. The molecule has 1 aromatic rings. The Morgan fingerprint density at radius 1 is 1.39 bits per heavy atom. The molecule has 1 rings (SSSR count). The second-order valence-electron chi connectivity index (χ2n) is 5.20. The molecule has 0 fully saturated rings. The van der Waals surface area contributed by atoms with Gasteiger partial charge in [-0.15, -0.1) is 0 Å². The number of aryl methyl sites for hydroxylation is 1. The number of nitrogens with one attached hydrogen (secondary N) is 1. The van der Waals surface area contributed by atoms with E-state index < -0.39 is 5.97 Å². The summed E-state index contributed by atoms with van der Waals surface area (Å²) in [5.41, 5.74) is 0.558. The van der Waals surface area contributed by atoms with E-state index in [4.69, 9.17) is 5.11 Å². The summed E-state index contributed by atoms with van der Waals surface area (Å²) in [5.74, 6) is -0.705. The van der Waals surface area contributed by atoms with E-state index >= 15 is 0 Å². The van der Waals surface area contributed by atoms with Crippen molar-refractivity contribution in [2.75, 3.05) is 5.32 Å². The standard InChI is InChI=1S/C12H19N3O3/c1-8-7-9(15(14-8)12(2,3)4)13-10(16)5-6-11(17)18/h7H,5-6H2,1-4H3,(H,13,16)(H,17,18). The molecule has 0 atom stereocenters. The first-order chi connectivity index (χ1) is 8.20. The number of nitrogens with zero attached hydrogens (tertiary/aromatic N) is 2. The lowest BCUT2D eigenvalue weighted by Crippen LogP contribution is -2.26. The van der Waals surface area contributed by atoms with Gasteiger partial charge in [-0.05, 0) is 27.7 Å². The quantitative estimate of drug-likeness (QED) is 0.856. The van der Waals surface area contributed by atoms with Gasteiger partial charge in [0.1, 0.15) is 5.82 Å². The smallest absolute Gasteiger partial charge is 0.303 e. The first-order valence-electron chi connectivity index (χ1n) is 5.79. The van der Waals surface area contributed by atoms with E-state index in [1.807, 2.05) is 27.7 Å². The lowest BCUT2D eigenvalue weighted by Gasteiger charge is -2.22. The average Bonchev–Trinajstić information content (AvgIpc) is 2.56. The number of carboxylic acid groups (broad SMARTS) is 1. The summed E-state index contributed by atoms with van der Waals surface area (Å²) in [6, 6.07) is 1.77. The van der Waals surface area contributed by atoms with E-state index in [-0.39, 0.29) is 24.3 Å². The van der Waals surface area contributed by atoms with Crippen molar-refractivity contribution in [3.05, 3.63) is 11.8 Å². The SMILES string of the molecule is Cc1cc(NC(=O)CCC(=O)O)n(C(C)(C)C)n1. The molecule has 0 bridgehead atoms. The molecule has 1 aromatic heterocycles. The van der Waals surface area contributed by atoms with Crippen LogP contribution in [0.4, 0.5) is 5.82 Å². The van der Waals surface area contributed by atoms with Crippen LogP contribution in [0.5, 0.6) is 0 Å². The summed E-state index contributed by atoms with van der Waals surface area (Å²) < 4.78 is 1.72. The van der Waals surface area contributed by atoms with Crippen LogP contribution in [0.25, 0.3) is 0 Å². The molecule has 6 nitrogen and oxygen atoms in total. The van der Waals surface area contributed by atoms with Gasteiger partial charge in [-0.1, -0.05) is 0 Å².